The van der Waals surface area contributed by atoms with E-state index in [0.717, 1.165) is 0 Å². The molecule has 0 rings (SSSR count). The molecule has 0 spiro atoms. The molecule has 0 aromatic heterocycles. The van der Waals surface area contributed by atoms with Gasteiger partial charge in [0.1, 0.15) is 0 Å². The van der Waals surface area contributed by atoms with E-state index in [1.54, 1.807) is 0 Å². The van der Waals surface area contributed by atoms with E-state index in [0.29, 0.717) is 0 Å². The van der Waals surface area contributed by atoms with Crippen molar-refractivity contribution < 1.29 is 99.8 Å². The van der Waals surface area contributed by atoms with Crippen LogP contribution in [0.2, 0.25) is 0 Å². The second kappa shape index (κ2) is 29.2. The van der Waals surface area contributed by atoms with Gasteiger partial charge in [-0.05, 0) is 11.2 Å². The Bertz CT molecular complexity index is 98.2. The van der Waals surface area contributed by atoms with Crippen LogP contribution in [0.1, 0.15) is 0 Å². The monoisotopic (exact) mass is 250 g/mol. The first kappa shape index (κ1) is 65.1. The van der Waals surface area contributed by atoms with Crippen LogP contribution in [-0.2, 0) is 20.2 Å². The average Bonchev–Trinajstić information content (AvgIpc) is 0.722. The molecule has 0 heterocycles. The molecule has 0 saturated heterocycles. The molecule has 0 amide bonds. The minimum absolute atomic E-state index is 0. The van der Waals surface area contributed by atoms with Gasteiger partial charge < -0.3 is 36.5 Å². The SMILES string of the molecule is O.O.O.O.O.O=[34S]([O-])([O-])=S.[Na+].[Na+]. The second-order valence-electron chi connectivity index (χ2n) is 0.408. The predicted octanol–water partition coefficient (Wildman–Crippen LogP) is -11.1. The maximum atomic E-state index is 8.89. The molecule has 0 aliphatic carbocycles. The molecular weight excluding hydrogens is 240 g/mol. The smallest absolute Gasteiger partial charge is 0.780 e. The van der Waals surface area contributed by atoms with Gasteiger partial charge in [0.15, 0.2) is 0 Å². The van der Waals surface area contributed by atoms with Gasteiger partial charge in [-0.3, -0.25) is 4.21 Å². The van der Waals surface area contributed by atoms with E-state index in [2.05, 4.69) is 11.2 Å². The quantitative estimate of drug-likeness (QED) is 0.301. The summed E-state index contributed by atoms with van der Waals surface area (Å²) in [4.78, 5) is 0. The van der Waals surface area contributed by atoms with Crippen molar-refractivity contribution >= 4 is 20.2 Å². The molecule has 0 aliphatic rings. The Hall–Kier alpha value is 2.09. The van der Waals surface area contributed by atoms with Gasteiger partial charge in [-0.25, -0.2) is 0 Å². The van der Waals surface area contributed by atoms with Gasteiger partial charge in [0.25, 0.3) is 0 Å². The first-order valence-corrected chi connectivity index (χ1v) is 3.00. The third kappa shape index (κ3) is 340. The summed E-state index contributed by atoms with van der Waals surface area (Å²) in [5.41, 5.74) is 0. The van der Waals surface area contributed by atoms with Gasteiger partial charge in [-0.1, -0.05) is 0 Å². The summed E-state index contributed by atoms with van der Waals surface area (Å²) >= 11 is 3.24. The van der Waals surface area contributed by atoms with E-state index in [4.69, 9.17) is 13.3 Å². The van der Waals surface area contributed by atoms with Crippen molar-refractivity contribution in [1.29, 1.82) is 0 Å². The van der Waals surface area contributed by atoms with E-state index >= 15 is 0 Å². The molecule has 0 unspecified atom stereocenters. The molecule has 0 atom stereocenters. The Kier molecular flexibility index (Phi) is 159. The van der Waals surface area contributed by atoms with Crippen LogP contribution in [0.25, 0.3) is 0 Å². The van der Waals surface area contributed by atoms with E-state index in [1.807, 2.05) is 0 Å². The van der Waals surface area contributed by atoms with Crippen LogP contribution in [0.3, 0.4) is 0 Å². The molecule has 0 bridgehead atoms. The molecule has 0 saturated carbocycles. The minimum atomic E-state index is -4.33. The van der Waals surface area contributed by atoms with Crippen molar-refractivity contribution in [1.82, 2.24) is 0 Å². The topological polar surface area (TPSA) is 221 Å². The van der Waals surface area contributed by atoms with Gasteiger partial charge in [0.05, 0.1) is 0 Å². The Morgan fingerprint density at radius 3 is 0.833 bits per heavy atom. The molecule has 72 valence electrons. The minimum Gasteiger partial charge on any atom is -0.780 e. The summed E-state index contributed by atoms with van der Waals surface area (Å²) in [6.45, 7) is 0. The van der Waals surface area contributed by atoms with Crippen LogP contribution in [-0.4, -0.2) is 40.7 Å². The molecule has 0 fully saturated rings. The van der Waals surface area contributed by atoms with Crippen LogP contribution in [0.5, 0.6) is 0 Å². The molecule has 0 aliphatic heterocycles. The van der Waals surface area contributed by atoms with E-state index in [-0.39, 0.29) is 86.5 Å². The van der Waals surface area contributed by atoms with Crippen molar-refractivity contribution in [2.75, 3.05) is 0 Å². The number of hydrogen-bond donors (Lipinski definition) is 0. The van der Waals surface area contributed by atoms with Crippen LogP contribution in [0.15, 0.2) is 0 Å². The number of rotatable bonds is 0. The first-order valence-electron chi connectivity index (χ1n) is 0.667. The third-order valence-electron chi connectivity index (χ3n) is 0. The summed E-state index contributed by atoms with van der Waals surface area (Å²) in [7, 11) is -4.33. The molecule has 12 heavy (non-hydrogen) atoms. The zero-order chi connectivity index (χ0) is 4.50. The molecule has 8 nitrogen and oxygen atoms in total. The van der Waals surface area contributed by atoms with Crippen LogP contribution in [0.4, 0.5) is 0 Å². The third-order valence-corrected chi connectivity index (χ3v) is 0. The van der Waals surface area contributed by atoms with Gasteiger partial charge >= 0.3 is 59.1 Å². The average molecular weight is 250 g/mol. The molecule has 0 radical (unpaired) electrons. The number of hydrogen-bond acceptors (Lipinski definition) is 4. The Morgan fingerprint density at radius 1 is 0.833 bits per heavy atom. The Balaban J connectivity index is -0.00000000381. The van der Waals surface area contributed by atoms with E-state index in [9.17, 15) is 0 Å². The molecular formula is H10Na2O8S2. The summed E-state index contributed by atoms with van der Waals surface area (Å²) in [6, 6.07) is 0. The molecule has 0 aromatic carbocycles. The van der Waals surface area contributed by atoms with Crippen molar-refractivity contribution in [3.63, 3.8) is 0 Å². The summed E-state index contributed by atoms with van der Waals surface area (Å²) in [5, 5.41) is 0. The van der Waals surface area contributed by atoms with Crippen LogP contribution >= 0.6 is 0 Å². The van der Waals surface area contributed by atoms with Gasteiger partial charge in [0.2, 0.25) is 0 Å². The van der Waals surface area contributed by atoms with Crippen LogP contribution < -0.4 is 59.1 Å². The molecule has 10 N–H and O–H groups in total. The fraction of sp³-hybridized carbons (Fsp3) is 0. The normalized spacial score (nSPS) is 4.83. The van der Waals surface area contributed by atoms with E-state index in [1.165, 1.54) is 0 Å². The second-order valence-corrected chi connectivity index (χ2v) is 2.45. The maximum absolute atomic E-state index is 8.89. The summed E-state index contributed by atoms with van der Waals surface area (Å²) in [6.07, 6.45) is 0. The van der Waals surface area contributed by atoms with E-state index < -0.39 is 9.05 Å². The zero-order valence-electron chi connectivity index (χ0n) is 6.54. The molecule has 12 heteroatoms. The fourth-order valence-electron chi connectivity index (χ4n) is 0. The Labute approximate surface area is 119 Å². The van der Waals surface area contributed by atoms with Crippen LogP contribution in [0, 0.1) is 0 Å². The van der Waals surface area contributed by atoms with Gasteiger partial charge in [-0.2, -0.15) is 0 Å². The summed E-state index contributed by atoms with van der Waals surface area (Å²) < 4.78 is 26.7. The van der Waals surface area contributed by atoms with Crippen molar-refractivity contribution in [2.45, 2.75) is 0 Å². The van der Waals surface area contributed by atoms with Gasteiger partial charge in [0, 0.05) is 0 Å². The molecule has 0 aromatic rings. The van der Waals surface area contributed by atoms with Crippen molar-refractivity contribution in [2.24, 2.45) is 0 Å². The Morgan fingerprint density at radius 2 is 0.833 bits per heavy atom. The zero-order valence-corrected chi connectivity index (χ0v) is 12.2. The largest absolute Gasteiger partial charge is 1.00 e. The van der Waals surface area contributed by atoms with Crippen molar-refractivity contribution in [3.8, 4) is 0 Å². The maximum Gasteiger partial charge on any atom is 1.00 e. The predicted molar refractivity (Wildman–Crippen MR) is 35.1 cm³/mol. The fourth-order valence-corrected chi connectivity index (χ4v) is 0. The summed E-state index contributed by atoms with van der Waals surface area (Å²) in [5.74, 6) is 0. The van der Waals surface area contributed by atoms with Crippen molar-refractivity contribution in [3.05, 3.63) is 0 Å². The van der Waals surface area contributed by atoms with Gasteiger partial charge in [-0.15, -0.1) is 9.05 Å². The standard InChI is InChI=1S/2Na.H2O3S2.5H2O/c;;1-5(2,3)4;;;;;/h;;(H2,1,2,3,4);5*1H2/q2*+1;;;;;;/p-2/i;;5+2;;;;;. The first-order chi connectivity index (χ1) is 2.00.